The normalized spacial score (nSPS) is 13.3. The largest absolute Gasteiger partial charge is 0.403 e. The number of rotatable bonds is 11. The van der Waals surface area contributed by atoms with Crippen LogP contribution in [-0.2, 0) is 20.6 Å². The Labute approximate surface area is 217 Å². The minimum Gasteiger partial charge on any atom is -0.403 e. The lowest BCUT2D eigenvalue weighted by atomic mass is 10.2. The lowest BCUT2D eigenvalue weighted by molar-refractivity contribution is -0.119. The lowest BCUT2D eigenvalue weighted by Crippen LogP contribution is -2.66. The van der Waals surface area contributed by atoms with Crippen LogP contribution in [0.4, 0.5) is 0 Å². The smallest absolute Gasteiger partial charge is 0.261 e. The Hall–Kier alpha value is -2.99. The molecule has 3 aromatic carbocycles. The fourth-order valence-electron chi connectivity index (χ4n) is 4.65. The summed E-state index contributed by atoms with van der Waals surface area (Å²) in [5.41, 5.74) is 2.17. The van der Waals surface area contributed by atoms with E-state index in [2.05, 4.69) is 99.8 Å². The van der Waals surface area contributed by atoms with Crippen molar-refractivity contribution in [1.82, 2.24) is 5.32 Å². The predicted octanol–water partition coefficient (Wildman–Crippen LogP) is 5.23. The third-order valence-corrected chi connectivity index (χ3v) is 11.2. The van der Waals surface area contributed by atoms with Crippen LogP contribution in [-0.4, -0.2) is 33.5 Å². The van der Waals surface area contributed by atoms with Crippen LogP contribution in [0.25, 0.3) is 0 Å². The Balaban J connectivity index is 1.82. The average Bonchev–Trinajstić information content (AvgIpc) is 2.85. The highest BCUT2D eigenvalue weighted by Crippen LogP contribution is 2.37. The number of hydrogen-bond acceptors (Lipinski definition) is 3. The van der Waals surface area contributed by atoms with Crippen molar-refractivity contribution in [3.63, 3.8) is 0 Å². The number of amides is 1. The van der Waals surface area contributed by atoms with Crippen molar-refractivity contribution < 1.29 is 14.0 Å². The molecule has 4 nitrogen and oxygen atoms in total. The molecule has 0 aliphatic heterocycles. The Bertz CT molecular complexity index is 1070. The molecule has 1 amide bonds. The quantitative estimate of drug-likeness (QED) is 0.289. The molecule has 0 bridgehead atoms. The van der Waals surface area contributed by atoms with Gasteiger partial charge in [-0.1, -0.05) is 123 Å². The predicted molar refractivity (Wildman–Crippen MR) is 151 cm³/mol. The molecule has 190 valence electrons. The van der Waals surface area contributed by atoms with Gasteiger partial charge in [-0.2, -0.15) is 0 Å². The number of nitrogens with one attached hydrogen (secondary N) is 1. The topological polar surface area (TPSA) is 47.6 Å². The van der Waals surface area contributed by atoms with Gasteiger partial charge < -0.3 is 14.5 Å². The van der Waals surface area contributed by atoms with Gasteiger partial charge in [0, 0.05) is 6.92 Å². The molecule has 1 atom stereocenters. The number of hydrogen-bond donors (Lipinski definition) is 1. The molecule has 3 rings (SSSR count). The lowest BCUT2D eigenvalue weighted by Gasteiger charge is -2.43. The van der Waals surface area contributed by atoms with E-state index in [4.69, 9.17) is 9.16 Å². The van der Waals surface area contributed by atoms with Crippen molar-refractivity contribution in [2.75, 3.05) is 13.2 Å². The highest BCUT2D eigenvalue weighted by molar-refractivity contribution is 6.99. The molecule has 0 aliphatic carbocycles. The van der Waals surface area contributed by atoms with Gasteiger partial charge in [0.25, 0.3) is 8.32 Å². The van der Waals surface area contributed by atoms with E-state index in [0.29, 0.717) is 19.8 Å². The van der Waals surface area contributed by atoms with E-state index in [-0.39, 0.29) is 17.0 Å². The van der Waals surface area contributed by atoms with Crippen LogP contribution in [0.15, 0.2) is 103 Å². The fourth-order valence-corrected chi connectivity index (χ4v) is 9.25. The van der Waals surface area contributed by atoms with E-state index in [0.717, 1.165) is 11.1 Å². The highest BCUT2D eigenvalue weighted by atomic mass is 28.4. The molecule has 5 heteroatoms. The van der Waals surface area contributed by atoms with Crippen LogP contribution in [0.3, 0.4) is 0 Å². The summed E-state index contributed by atoms with van der Waals surface area (Å²) in [5.74, 6) is -0.0831. The van der Waals surface area contributed by atoms with Crippen molar-refractivity contribution >= 4 is 24.6 Å². The van der Waals surface area contributed by atoms with Gasteiger partial charge in [-0.05, 0) is 27.9 Å². The molecular formula is C31H39NO3Si. The van der Waals surface area contributed by atoms with Crippen molar-refractivity contribution in [2.24, 2.45) is 0 Å². The molecule has 0 spiro atoms. The van der Waals surface area contributed by atoms with Crippen LogP contribution in [0, 0.1) is 0 Å². The van der Waals surface area contributed by atoms with Gasteiger partial charge in [-0.3, -0.25) is 4.79 Å². The van der Waals surface area contributed by atoms with Gasteiger partial charge in [0.2, 0.25) is 5.91 Å². The third kappa shape index (κ3) is 7.26. The molecular weight excluding hydrogens is 462 g/mol. The fraction of sp³-hybridized carbons (Fsp3) is 0.323. The van der Waals surface area contributed by atoms with Crippen LogP contribution in [0.2, 0.25) is 5.04 Å². The van der Waals surface area contributed by atoms with E-state index in [9.17, 15) is 4.79 Å². The van der Waals surface area contributed by atoms with E-state index >= 15 is 0 Å². The second kappa shape index (κ2) is 12.8. The zero-order valence-electron chi connectivity index (χ0n) is 22.2. The summed E-state index contributed by atoms with van der Waals surface area (Å²) >= 11 is 0. The third-order valence-electron chi connectivity index (χ3n) is 6.22. The number of carbonyl (C=O) groups is 1. The van der Waals surface area contributed by atoms with Gasteiger partial charge in [0.05, 0.1) is 25.9 Å². The summed E-state index contributed by atoms with van der Waals surface area (Å²) < 4.78 is 13.0. The Morgan fingerprint density at radius 2 is 1.36 bits per heavy atom. The van der Waals surface area contributed by atoms with Crippen molar-refractivity contribution in [3.05, 3.63) is 108 Å². The van der Waals surface area contributed by atoms with Crippen molar-refractivity contribution in [2.45, 2.75) is 52.3 Å². The molecule has 0 saturated carbocycles. The minimum atomic E-state index is -2.62. The van der Waals surface area contributed by atoms with Crippen LogP contribution in [0.5, 0.6) is 0 Å². The molecule has 0 fully saturated rings. The second-order valence-corrected chi connectivity index (χ2v) is 14.6. The Morgan fingerprint density at radius 3 is 1.83 bits per heavy atom. The first-order chi connectivity index (χ1) is 17.2. The number of ether oxygens (including phenoxy) is 1. The van der Waals surface area contributed by atoms with Gasteiger partial charge in [-0.15, -0.1) is 0 Å². The van der Waals surface area contributed by atoms with Crippen molar-refractivity contribution in [1.29, 1.82) is 0 Å². The van der Waals surface area contributed by atoms with Gasteiger partial charge >= 0.3 is 0 Å². The zero-order chi connectivity index (χ0) is 26.0. The standard InChI is InChI=1S/C31H39NO3Si/c1-25(21-28(32-26(2)33)24-34-23-27-15-9-6-10-16-27)22-35-36(31(3,4)5,29-17-11-7-12-18-29)30-19-13-8-14-20-30/h6-21,28H,22-24H2,1-5H3,(H,32,33)/b25-21-/t28-/m1/s1. The molecule has 1 N–H and O–H groups in total. The number of carbonyl (C=O) groups excluding carboxylic acids is 1. The molecule has 0 saturated heterocycles. The molecule has 0 aliphatic rings. The molecule has 36 heavy (non-hydrogen) atoms. The summed E-state index contributed by atoms with van der Waals surface area (Å²) in [6.45, 7) is 11.8. The Kier molecular flexibility index (Phi) is 9.82. The summed E-state index contributed by atoms with van der Waals surface area (Å²) in [6.07, 6.45) is 2.06. The maximum atomic E-state index is 11.9. The monoisotopic (exact) mass is 501 g/mol. The molecule has 3 aromatic rings. The highest BCUT2D eigenvalue weighted by Gasteiger charge is 2.50. The molecule has 0 aromatic heterocycles. The van der Waals surface area contributed by atoms with Crippen LogP contribution < -0.4 is 15.7 Å². The van der Waals surface area contributed by atoms with Gasteiger partial charge in [0.15, 0.2) is 0 Å². The van der Waals surface area contributed by atoms with Gasteiger partial charge in [-0.25, -0.2) is 0 Å². The first-order valence-electron chi connectivity index (χ1n) is 12.5. The van der Waals surface area contributed by atoms with E-state index in [1.807, 2.05) is 30.3 Å². The van der Waals surface area contributed by atoms with E-state index in [1.54, 1.807) is 0 Å². The second-order valence-electron chi connectivity index (χ2n) is 10.3. The van der Waals surface area contributed by atoms with E-state index in [1.165, 1.54) is 17.3 Å². The number of benzene rings is 3. The van der Waals surface area contributed by atoms with Crippen LogP contribution in [0.1, 0.15) is 40.2 Å². The summed E-state index contributed by atoms with van der Waals surface area (Å²) in [6, 6.07) is 31.1. The maximum absolute atomic E-state index is 11.9. The minimum absolute atomic E-state index is 0.0831. The summed E-state index contributed by atoms with van der Waals surface area (Å²) in [4.78, 5) is 11.9. The first-order valence-corrected chi connectivity index (χ1v) is 14.4. The zero-order valence-corrected chi connectivity index (χ0v) is 23.2. The van der Waals surface area contributed by atoms with Gasteiger partial charge in [0.1, 0.15) is 0 Å². The SMILES string of the molecule is CC(=O)N[C@H](/C=C(/C)CO[Si](c1ccccc1)(c1ccccc1)C(C)(C)C)COCc1ccccc1. The first kappa shape index (κ1) is 27.6. The molecule has 0 unspecified atom stereocenters. The molecule has 0 radical (unpaired) electrons. The maximum Gasteiger partial charge on any atom is 0.261 e. The summed E-state index contributed by atoms with van der Waals surface area (Å²) in [5, 5.41) is 5.41. The van der Waals surface area contributed by atoms with E-state index < -0.39 is 8.32 Å². The summed E-state index contributed by atoms with van der Waals surface area (Å²) in [7, 11) is -2.62. The molecule has 0 heterocycles. The Morgan fingerprint density at radius 1 is 0.861 bits per heavy atom. The average molecular weight is 502 g/mol. The van der Waals surface area contributed by atoms with Crippen molar-refractivity contribution in [3.8, 4) is 0 Å². The van der Waals surface area contributed by atoms with Crippen LogP contribution >= 0.6 is 0 Å².